The lowest BCUT2D eigenvalue weighted by atomic mass is 10.1. The average Bonchev–Trinajstić information content (AvgIpc) is 2.36. The van der Waals surface area contributed by atoms with Gasteiger partial charge in [0, 0.05) is 19.6 Å². The number of benzene rings is 1. The molecule has 0 bridgehead atoms. The van der Waals surface area contributed by atoms with Crippen LogP contribution in [0.2, 0.25) is 0 Å². The van der Waals surface area contributed by atoms with Crippen LogP contribution < -0.4 is 5.73 Å². The summed E-state index contributed by atoms with van der Waals surface area (Å²) in [5.74, 6) is 0.271. The highest BCUT2D eigenvalue weighted by atomic mass is 32.2. The van der Waals surface area contributed by atoms with E-state index in [1.54, 1.807) is 31.3 Å². The molecule has 0 aliphatic carbocycles. The molecule has 0 heterocycles. The summed E-state index contributed by atoms with van der Waals surface area (Å²) in [7, 11) is -1.79. The van der Waals surface area contributed by atoms with Gasteiger partial charge in [0.2, 0.25) is 10.0 Å². The van der Waals surface area contributed by atoms with Crippen molar-refractivity contribution in [2.45, 2.75) is 38.3 Å². The first-order chi connectivity index (χ1) is 8.30. The van der Waals surface area contributed by atoms with Crippen LogP contribution in [0.15, 0.2) is 29.2 Å². The summed E-state index contributed by atoms with van der Waals surface area (Å²) in [6.07, 6.45) is 0. The molecule has 0 saturated carbocycles. The van der Waals surface area contributed by atoms with Crippen LogP contribution in [-0.2, 0) is 16.6 Å². The molecule has 0 aliphatic heterocycles. The van der Waals surface area contributed by atoms with E-state index < -0.39 is 10.0 Å². The minimum absolute atomic E-state index is 0.0378. The molecule has 1 aromatic carbocycles. The summed E-state index contributed by atoms with van der Waals surface area (Å²) >= 11 is 0. The summed E-state index contributed by atoms with van der Waals surface area (Å²) in [4.78, 5) is 0.315. The van der Waals surface area contributed by atoms with Crippen LogP contribution in [0.25, 0.3) is 0 Å². The molecule has 0 radical (unpaired) electrons. The van der Waals surface area contributed by atoms with Crippen LogP contribution in [0.4, 0.5) is 0 Å². The lowest BCUT2D eigenvalue weighted by Gasteiger charge is -2.27. The molecule has 0 saturated heterocycles. The monoisotopic (exact) mass is 270 g/mol. The van der Waals surface area contributed by atoms with E-state index in [1.807, 2.05) is 20.8 Å². The SMILES string of the molecule is CC(C)C(C)N(C)S(=O)(=O)c1ccc(CN)cc1. The molecule has 1 aromatic rings. The van der Waals surface area contributed by atoms with Gasteiger partial charge < -0.3 is 5.73 Å². The van der Waals surface area contributed by atoms with Crippen molar-refractivity contribution in [2.75, 3.05) is 7.05 Å². The number of nitrogens with zero attached hydrogens (tertiary/aromatic N) is 1. The molecule has 1 unspecified atom stereocenters. The van der Waals surface area contributed by atoms with Gasteiger partial charge in [-0.2, -0.15) is 4.31 Å². The number of sulfonamides is 1. The predicted molar refractivity (Wildman–Crippen MR) is 73.6 cm³/mol. The van der Waals surface area contributed by atoms with Crippen molar-refractivity contribution in [3.05, 3.63) is 29.8 Å². The second-order valence-corrected chi connectivity index (χ2v) is 6.85. The second-order valence-electron chi connectivity index (χ2n) is 4.85. The minimum Gasteiger partial charge on any atom is -0.326 e. The van der Waals surface area contributed by atoms with Gasteiger partial charge in [-0.25, -0.2) is 8.42 Å². The molecule has 18 heavy (non-hydrogen) atoms. The van der Waals surface area contributed by atoms with Crippen LogP contribution in [0.3, 0.4) is 0 Å². The Morgan fingerprint density at radius 1 is 1.17 bits per heavy atom. The molecule has 4 nitrogen and oxygen atoms in total. The molecule has 0 amide bonds. The Bertz CT molecular complexity index is 480. The van der Waals surface area contributed by atoms with Crippen molar-refractivity contribution in [3.8, 4) is 0 Å². The van der Waals surface area contributed by atoms with Gasteiger partial charge in [0.25, 0.3) is 0 Å². The first-order valence-electron chi connectivity index (χ1n) is 6.07. The fourth-order valence-electron chi connectivity index (χ4n) is 1.60. The third-order valence-corrected chi connectivity index (χ3v) is 5.33. The molecule has 1 rings (SSSR count). The summed E-state index contributed by atoms with van der Waals surface area (Å²) in [6.45, 7) is 6.34. The van der Waals surface area contributed by atoms with E-state index in [4.69, 9.17) is 5.73 Å². The molecular formula is C13H22N2O2S. The molecule has 0 spiro atoms. The largest absolute Gasteiger partial charge is 0.326 e. The van der Waals surface area contributed by atoms with Gasteiger partial charge in [0.15, 0.2) is 0 Å². The highest BCUT2D eigenvalue weighted by Gasteiger charge is 2.26. The summed E-state index contributed by atoms with van der Waals surface area (Å²) < 4.78 is 26.2. The number of hydrogen-bond donors (Lipinski definition) is 1. The van der Waals surface area contributed by atoms with E-state index in [0.717, 1.165) is 5.56 Å². The van der Waals surface area contributed by atoms with E-state index in [2.05, 4.69) is 0 Å². The standard InChI is InChI=1S/C13H22N2O2S/c1-10(2)11(3)15(4)18(16,17)13-7-5-12(9-14)6-8-13/h5-8,10-11H,9,14H2,1-4H3. The second kappa shape index (κ2) is 5.82. The van der Waals surface area contributed by atoms with Crippen LogP contribution in [0.1, 0.15) is 26.3 Å². The smallest absolute Gasteiger partial charge is 0.243 e. The third kappa shape index (κ3) is 3.10. The van der Waals surface area contributed by atoms with E-state index in [0.29, 0.717) is 11.4 Å². The van der Waals surface area contributed by atoms with Crippen molar-refractivity contribution in [1.82, 2.24) is 4.31 Å². The van der Waals surface area contributed by atoms with Crippen LogP contribution in [-0.4, -0.2) is 25.8 Å². The fraction of sp³-hybridized carbons (Fsp3) is 0.538. The lowest BCUT2D eigenvalue weighted by Crippen LogP contribution is -2.38. The van der Waals surface area contributed by atoms with E-state index in [9.17, 15) is 8.42 Å². The Morgan fingerprint density at radius 3 is 2.06 bits per heavy atom. The van der Waals surface area contributed by atoms with Crippen molar-refractivity contribution >= 4 is 10.0 Å². The van der Waals surface area contributed by atoms with E-state index >= 15 is 0 Å². The van der Waals surface area contributed by atoms with Crippen LogP contribution >= 0.6 is 0 Å². The summed E-state index contributed by atoms with van der Waals surface area (Å²) in [6, 6.07) is 6.69. The van der Waals surface area contributed by atoms with E-state index in [-0.39, 0.29) is 12.0 Å². The van der Waals surface area contributed by atoms with Gasteiger partial charge in [-0.1, -0.05) is 26.0 Å². The summed E-state index contributed by atoms with van der Waals surface area (Å²) in [5, 5.41) is 0. The first-order valence-corrected chi connectivity index (χ1v) is 7.51. The Balaban J connectivity index is 3.05. The van der Waals surface area contributed by atoms with Gasteiger partial charge in [-0.15, -0.1) is 0 Å². The van der Waals surface area contributed by atoms with Gasteiger partial charge in [0.1, 0.15) is 0 Å². The molecule has 1 atom stereocenters. The molecule has 102 valence electrons. The van der Waals surface area contributed by atoms with Crippen LogP contribution in [0, 0.1) is 5.92 Å². The lowest BCUT2D eigenvalue weighted by molar-refractivity contribution is 0.316. The van der Waals surface area contributed by atoms with Gasteiger partial charge in [-0.05, 0) is 30.5 Å². The van der Waals surface area contributed by atoms with Crippen molar-refractivity contribution in [2.24, 2.45) is 11.7 Å². The molecule has 0 aromatic heterocycles. The maximum atomic E-state index is 12.4. The quantitative estimate of drug-likeness (QED) is 0.887. The van der Waals surface area contributed by atoms with Gasteiger partial charge in [0.05, 0.1) is 4.90 Å². The number of nitrogens with two attached hydrogens (primary N) is 1. The highest BCUT2D eigenvalue weighted by Crippen LogP contribution is 2.20. The Kier molecular flexibility index (Phi) is 4.90. The van der Waals surface area contributed by atoms with Crippen LogP contribution in [0.5, 0.6) is 0 Å². The maximum Gasteiger partial charge on any atom is 0.243 e. The fourth-order valence-corrected chi connectivity index (χ4v) is 3.10. The average molecular weight is 270 g/mol. The zero-order valence-corrected chi connectivity index (χ0v) is 12.2. The molecule has 5 heteroatoms. The summed E-state index contributed by atoms with van der Waals surface area (Å²) in [5.41, 5.74) is 6.42. The highest BCUT2D eigenvalue weighted by molar-refractivity contribution is 7.89. The van der Waals surface area contributed by atoms with Gasteiger partial charge in [-0.3, -0.25) is 0 Å². The minimum atomic E-state index is -3.42. The van der Waals surface area contributed by atoms with Gasteiger partial charge >= 0.3 is 0 Å². The molecule has 0 fully saturated rings. The molecular weight excluding hydrogens is 248 g/mol. The zero-order valence-electron chi connectivity index (χ0n) is 11.4. The van der Waals surface area contributed by atoms with Crippen molar-refractivity contribution in [3.63, 3.8) is 0 Å². The number of rotatable bonds is 5. The third-order valence-electron chi connectivity index (χ3n) is 3.37. The number of hydrogen-bond acceptors (Lipinski definition) is 3. The molecule has 2 N–H and O–H groups in total. The Labute approximate surface area is 110 Å². The normalized spacial score (nSPS) is 14.2. The van der Waals surface area contributed by atoms with Crippen molar-refractivity contribution < 1.29 is 8.42 Å². The maximum absolute atomic E-state index is 12.4. The Hall–Kier alpha value is -0.910. The Morgan fingerprint density at radius 2 is 1.67 bits per heavy atom. The predicted octanol–water partition coefficient (Wildman–Crippen LogP) is 1.81. The molecule has 0 aliphatic rings. The first kappa shape index (κ1) is 15.1. The van der Waals surface area contributed by atoms with Crippen molar-refractivity contribution in [1.29, 1.82) is 0 Å². The van der Waals surface area contributed by atoms with E-state index in [1.165, 1.54) is 4.31 Å². The zero-order chi connectivity index (χ0) is 13.9. The topological polar surface area (TPSA) is 63.4 Å².